The van der Waals surface area contributed by atoms with E-state index in [-0.39, 0.29) is 18.0 Å². The summed E-state index contributed by atoms with van der Waals surface area (Å²) in [6, 6.07) is 3.95. The summed E-state index contributed by atoms with van der Waals surface area (Å²) in [5, 5.41) is 13.4. The van der Waals surface area contributed by atoms with E-state index in [2.05, 4.69) is 5.32 Å². The van der Waals surface area contributed by atoms with E-state index in [4.69, 9.17) is 15.2 Å². The SMILES string of the molecule is CNC(C)(COc1ccc([N+](=O)[O-])cc1OC)C(N)=O. The highest BCUT2D eigenvalue weighted by Crippen LogP contribution is 2.31. The summed E-state index contributed by atoms with van der Waals surface area (Å²) in [4.78, 5) is 21.5. The number of nitrogens with zero attached hydrogens (tertiary/aromatic N) is 1. The predicted molar refractivity (Wildman–Crippen MR) is 71.8 cm³/mol. The Hall–Kier alpha value is -2.35. The zero-order valence-electron chi connectivity index (χ0n) is 11.5. The number of methoxy groups -OCH3 is 1. The first kappa shape index (κ1) is 15.7. The number of hydrogen-bond donors (Lipinski definition) is 2. The van der Waals surface area contributed by atoms with Crippen LogP contribution in [0.1, 0.15) is 6.92 Å². The van der Waals surface area contributed by atoms with Crippen LogP contribution in [-0.2, 0) is 4.79 Å². The third-order valence-electron chi connectivity index (χ3n) is 2.97. The molecule has 0 aromatic heterocycles. The first-order chi connectivity index (χ1) is 9.34. The van der Waals surface area contributed by atoms with Crippen molar-refractivity contribution in [1.82, 2.24) is 5.32 Å². The van der Waals surface area contributed by atoms with Gasteiger partial charge in [0.2, 0.25) is 5.91 Å². The second-order valence-electron chi connectivity index (χ2n) is 4.33. The molecular weight excluding hydrogens is 266 g/mol. The molecule has 0 aliphatic rings. The van der Waals surface area contributed by atoms with E-state index in [0.29, 0.717) is 5.75 Å². The van der Waals surface area contributed by atoms with Crippen LogP contribution in [0.2, 0.25) is 0 Å². The molecule has 8 heteroatoms. The van der Waals surface area contributed by atoms with Gasteiger partial charge in [-0.25, -0.2) is 0 Å². The number of hydrogen-bond acceptors (Lipinski definition) is 6. The molecule has 0 aliphatic heterocycles. The predicted octanol–water partition coefficient (Wildman–Crippen LogP) is 0.446. The van der Waals surface area contributed by atoms with Crippen LogP contribution in [0, 0.1) is 10.1 Å². The number of nitro groups is 1. The van der Waals surface area contributed by atoms with E-state index in [1.165, 1.54) is 25.3 Å². The standard InChI is InChI=1S/C12H17N3O5/c1-12(14-2,11(13)16)7-20-9-5-4-8(15(17)18)6-10(9)19-3/h4-6,14H,7H2,1-3H3,(H2,13,16). The van der Waals surface area contributed by atoms with Crippen LogP contribution >= 0.6 is 0 Å². The summed E-state index contributed by atoms with van der Waals surface area (Å²) in [7, 11) is 2.96. The number of rotatable bonds is 7. The molecule has 0 bridgehead atoms. The van der Waals surface area contributed by atoms with Gasteiger partial charge in [-0.05, 0) is 20.0 Å². The van der Waals surface area contributed by atoms with Gasteiger partial charge in [-0.1, -0.05) is 0 Å². The molecule has 0 saturated heterocycles. The quantitative estimate of drug-likeness (QED) is 0.554. The van der Waals surface area contributed by atoms with Gasteiger partial charge in [-0.15, -0.1) is 0 Å². The molecular formula is C12H17N3O5. The first-order valence-corrected chi connectivity index (χ1v) is 5.78. The van der Waals surface area contributed by atoms with E-state index in [9.17, 15) is 14.9 Å². The lowest BCUT2D eigenvalue weighted by atomic mass is 10.0. The molecule has 1 atom stereocenters. The van der Waals surface area contributed by atoms with Crippen molar-refractivity contribution >= 4 is 11.6 Å². The fourth-order valence-corrected chi connectivity index (χ4v) is 1.38. The summed E-state index contributed by atoms with van der Waals surface area (Å²) in [5.74, 6) is -0.0659. The molecule has 1 rings (SSSR count). The summed E-state index contributed by atoms with van der Waals surface area (Å²) in [6.45, 7) is 1.56. The Bertz CT molecular complexity index is 520. The normalized spacial score (nSPS) is 13.3. The molecule has 110 valence electrons. The zero-order valence-corrected chi connectivity index (χ0v) is 11.5. The number of likely N-dealkylation sites (N-methyl/N-ethyl adjacent to an activating group) is 1. The molecule has 0 fully saturated rings. The average molecular weight is 283 g/mol. The maximum Gasteiger partial charge on any atom is 0.273 e. The summed E-state index contributed by atoms with van der Waals surface area (Å²) >= 11 is 0. The third-order valence-corrected chi connectivity index (χ3v) is 2.97. The molecule has 8 nitrogen and oxygen atoms in total. The molecule has 0 heterocycles. The molecule has 0 spiro atoms. The van der Waals surface area contributed by atoms with Crippen LogP contribution in [0.4, 0.5) is 5.69 Å². The summed E-state index contributed by atoms with van der Waals surface area (Å²) in [5.41, 5.74) is 4.12. The first-order valence-electron chi connectivity index (χ1n) is 5.78. The third kappa shape index (κ3) is 3.35. The molecule has 0 saturated carbocycles. The second-order valence-corrected chi connectivity index (χ2v) is 4.33. The number of non-ortho nitro benzene ring substituents is 1. The smallest absolute Gasteiger partial charge is 0.273 e. The van der Waals surface area contributed by atoms with E-state index in [1.807, 2.05) is 0 Å². The van der Waals surface area contributed by atoms with Crippen molar-refractivity contribution in [2.75, 3.05) is 20.8 Å². The minimum absolute atomic E-state index is 0.0347. The van der Waals surface area contributed by atoms with Crippen molar-refractivity contribution in [3.05, 3.63) is 28.3 Å². The topological polar surface area (TPSA) is 117 Å². The number of nitrogens with one attached hydrogen (secondary N) is 1. The number of carbonyl (C=O) groups excluding carboxylic acids is 1. The molecule has 0 radical (unpaired) electrons. The highest BCUT2D eigenvalue weighted by Gasteiger charge is 2.30. The van der Waals surface area contributed by atoms with Crippen molar-refractivity contribution in [2.45, 2.75) is 12.5 Å². The van der Waals surface area contributed by atoms with Crippen molar-refractivity contribution in [1.29, 1.82) is 0 Å². The van der Waals surface area contributed by atoms with E-state index in [0.717, 1.165) is 0 Å². The van der Waals surface area contributed by atoms with Crippen molar-refractivity contribution < 1.29 is 19.2 Å². The van der Waals surface area contributed by atoms with Gasteiger partial charge in [-0.3, -0.25) is 14.9 Å². The maximum absolute atomic E-state index is 11.3. The van der Waals surface area contributed by atoms with Gasteiger partial charge in [0, 0.05) is 6.07 Å². The number of amides is 1. The van der Waals surface area contributed by atoms with Gasteiger partial charge in [0.05, 0.1) is 18.1 Å². The van der Waals surface area contributed by atoms with Crippen LogP contribution in [0.25, 0.3) is 0 Å². The fraction of sp³-hybridized carbons (Fsp3) is 0.417. The lowest BCUT2D eigenvalue weighted by Gasteiger charge is -2.25. The van der Waals surface area contributed by atoms with Crippen LogP contribution < -0.4 is 20.5 Å². The van der Waals surface area contributed by atoms with Crippen molar-refractivity contribution in [2.24, 2.45) is 5.73 Å². The maximum atomic E-state index is 11.3. The van der Waals surface area contributed by atoms with E-state index < -0.39 is 16.4 Å². The number of carbonyl (C=O) groups is 1. The highest BCUT2D eigenvalue weighted by atomic mass is 16.6. The number of nitro benzene ring substituents is 1. The van der Waals surface area contributed by atoms with E-state index in [1.54, 1.807) is 14.0 Å². The monoisotopic (exact) mass is 283 g/mol. The average Bonchev–Trinajstić information content (AvgIpc) is 2.44. The Balaban J connectivity index is 2.93. The lowest BCUT2D eigenvalue weighted by molar-refractivity contribution is -0.385. The Labute approximate surface area is 116 Å². The molecule has 3 N–H and O–H groups in total. The van der Waals surface area contributed by atoms with Gasteiger partial charge >= 0.3 is 0 Å². The summed E-state index contributed by atoms with van der Waals surface area (Å²) < 4.78 is 10.5. The number of ether oxygens (including phenoxy) is 2. The number of primary amides is 1. The van der Waals surface area contributed by atoms with Gasteiger partial charge in [-0.2, -0.15) is 0 Å². The van der Waals surface area contributed by atoms with Crippen LogP contribution in [0.5, 0.6) is 11.5 Å². The van der Waals surface area contributed by atoms with Crippen LogP contribution in [0.3, 0.4) is 0 Å². The van der Waals surface area contributed by atoms with Crippen LogP contribution in [-0.4, -0.2) is 37.1 Å². The Morgan fingerprint density at radius 2 is 2.15 bits per heavy atom. The Morgan fingerprint density at radius 3 is 2.60 bits per heavy atom. The van der Waals surface area contributed by atoms with Crippen molar-refractivity contribution in [3.63, 3.8) is 0 Å². The summed E-state index contributed by atoms with van der Waals surface area (Å²) in [6.07, 6.45) is 0. The number of benzene rings is 1. The lowest BCUT2D eigenvalue weighted by Crippen LogP contribution is -2.55. The molecule has 1 aromatic rings. The number of nitrogens with two attached hydrogens (primary N) is 1. The molecule has 20 heavy (non-hydrogen) atoms. The molecule has 1 amide bonds. The van der Waals surface area contributed by atoms with Gasteiger partial charge in [0.1, 0.15) is 12.1 Å². The minimum Gasteiger partial charge on any atom is -0.493 e. The van der Waals surface area contributed by atoms with Crippen molar-refractivity contribution in [3.8, 4) is 11.5 Å². The molecule has 1 unspecified atom stereocenters. The Morgan fingerprint density at radius 1 is 1.50 bits per heavy atom. The molecule has 0 aliphatic carbocycles. The second kappa shape index (κ2) is 6.20. The minimum atomic E-state index is -1.05. The Kier molecular flexibility index (Phi) is 4.87. The highest BCUT2D eigenvalue weighted by molar-refractivity contribution is 5.84. The molecule has 1 aromatic carbocycles. The van der Waals surface area contributed by atoms with E-state index >= 15 is 0 Å². The van der Waals surface area contributed by atoms with Gasteiger partial charge < -0.3 is 20.5 Å². The largest absolute Gasteiger partial charge is 0.493 e. The zero-order chi connectivity index (χ0) is 15.3. The van der Waals surface area contributed by atoms with Crippen LogP contribution in [0.15, 0.2) is 18.2 Å². The van der Waals surface area contributed by atoms with Gasteiger partial charge in [0.25, 0.3) is 5.69 Å². The van der Waals surface area contributed by atoms with Gasteiger partial charge in [0.15, 0.2) is 11.5 Å². The fourth-order valence-electron chi connectivity index (χ4n) is 1.38.